The molecule has 1 aliphatic carbocycles. The Labute approximate surface area is 102 Å². The topological polar surface area (TPSA) is 57.6 Å². The fraction of sp³-hybridized carbons (Fsp3) is 0.846. The van der Waals surface area contributed by atoms with Crippen LogP contribution in [-0.2, 0) is 9.59 Å². The molecule has 2 fully saturated rings. The van der Waals surface area contributed by atoms with Crippen molar-refractivity contribution in [2.24, 2.45) is 17.8 Å². The lowest BCUT2D eigenvalue weighted by atomic mass is 9.71. The van der Waals surface area contributed by atoms with E-state index in [2.05, 4.69) is 11.8 Å². The molecule has 1 saturated carbocycles. The van der Waals surface area contributed by atoms with Gasteiger partial charge in [-0.25, -0.2) is 0 Å². The molecule has 2 rings (SSSR count). The highest BCUT2D eigenvalue weighted by Crippen LogP contribution is 2.35. The van der Waals surface area contributed by atoms with Gasteiger partial charge >= 0.3 is 5.97 Å². The Bertz CT molecular complexity index is 298. The van der Waals surface area contributed by atoms with Crippen molar-refractivity contribution in [2.75, 3.05) is 19.6 Å². The Balaban J connectivity index is 1.98. The number of carboxylic acids is 1. The maximum atomic E-state index is 12.0. The van der Waals surface area contributed by atoms with Crippen LogP contribution in [0.15, 0.2) is 0 Å². The number of unbranched alkanes of at least 4 members (excludes halogenated alkanes) is 1. The molecule has 17 heavy (non-hydrogen) atoms. The zero-order valence-corrected chi connectivity index (χ0v) is 10.4. The van der Waals surface area contributed by atoms with Crippen LogP contribution in [0.2, 0.25) is 0 Å². The van der Waals surface area contributed by atoms with Gasteiger partial charge in [-0.1, -0.05) is 13.3 Å². The zero-order valence-electron chi connectivity index (χ0n) is 10.4. The van der Waals surface area contributed by atoms with E-state index in [9.17, 15) is 9.59 Å². The van der Waals surface area contributed by atoms with Crippen molar-refractivity contribution in [1.82, 2.24) is 4.90 Å². The second-order valence-electron chi connectivity index (χ2n) is 5.42. The van der Waals surface area contributed by atoms with Crippen molar-refractivity contribution in [3.63, 3.8) is 0 Å². The number of ketones is 1. The minimum absolute atomic E-state index is 0.0274. The summed E-state index contributed by atoms with van der Waals surface area (Å²) in [7, 11) is 0. The molecule has 0 spiro atoms. The molecule has 4 heteroatoms. The molecule has 1 N–H and O–H groups in total. The van der Waals surface area contributed by atoms with Crippen LogP contribution in [0, 0.1) is 17.8 Å². The lowest BCUT2D eigenvalue weighted by molar-refractivity contribution is -0.149. The highest BCUT2D eigenvalue weighted by atomic mass is 16.4. The summed E-state index contributed by atoms with van der Waals surface area (Å²) in [5.41, 5.74) is 0. The van der Waals surface area contributed by atoms with Crippen LogP contribution in [0.5, 0.6) is 0 Å². The summed E-state index contributed by atoms with van der Waals surface area (Å²) in [5.74, 6) is -0.762. The van der Waals surface area contributed by atoms with Gasteiger partial charge in [0.05, 0.1) is 5.92 Å². The van der Waals surface area contributed by atoms with E-state index < -0.39 is 5.97 Å². The maximum absolute atomic E-state index is 12.0. The molecular weight excluding hydrogens is 218 g/mol. The molecule has 96 valence electrons. The predicted molar refractivity (Wildman–Crippen MR) is 63.7 cm³/mol. The molecule has 1 heterocycles. The molecule has 2 bridgehead atoms. The number of fused-ring (bicyclic) bond motifs is 2. The monoisotopic (exact) mass is 239 g/mol. The Hall–Kier alpha value is -0.900. The minimum atomic E-state index is -0.727. The second kappa shape index (κ2) is 5.17. The highest BCUT2D eigenvalue weighted by Gasteiger charge is 2.43. The van der Waals surface area contributed by atoms with Crippen molar-refractivity contribution >= 4 is 11.8 Å². The standard InChI is InChI=1S/C13H21NO3/c1-2-3-4-14-7-10-5-9(13(16)17)6-11(8-14)12(10)15/h9-11H,2-8H2,1H3,(H,16,17). The summed E-state index contributed by atoms with van der Waals surface area (Å²) in [6, 6.07) is 0. The Morgan fingerprint density at radius 2 is 1.94 bits per heavy atom. The molecule has 0 amide bonds. The quantitative estimate of drug-likeness (QED) is 0.805. The number of aliphatic carboxylic acids is 1. The molecule has 0 aromatic rings. The number of rotatable bonds is 4. The van der Waals surface area contributed by atoms with Gasteiger partial charge in [-0.3, -0.25) is 9.59 Å². The summed E-state index contributed by atoms with van der Waals surface area (Å²) < 4.78 is 0. The molecule has 4 nitrogen and oxygen atoms in total. The Kier molecular flexibility index (Phi) is 3.82. The van der Waals surface area contributed by atoms with Crippen LogP contribution >= 0.6 is 0 Å². The van der Waals surface area contributed by atoms with E-state index in [1.165, 1.54) is 0 Å². The van der Waals surface area contributed by atoms with E-state index in [1.807, 2.05) is 0 Å². The summed E-state index contributed by atoms with van der Waals surface area (Å²) in [6.07, 6.45) is 3.42. The molecule has 1 aliphatic heterocycles. The van der Waals surface area contributed by atoms with Gasteiger partial charge in [0.15, 0.2) is 0 Å². The summed E-state index contributed by atoms with van der Waals surface area (Å²) >= 11 is 0. The summed E-state index contributed by atoms with van der Waals surface area (Å²) in [6.45, 7) is 4.77. The van der Waals surface area contributed by atoms with Crippen LogP contribution in [0.4, 0.5) is 0 Å². The first kappa shape index (κ1) is 12.6. The molecule has 2 unspecified atom stereocenters. The van der Waals surface area contributed by atoms with Crippen molar-refractivity contribution in [1.29, 1.82) is 0 Å². The first-order valence-corrected chi connectivity index (χ1v) is 6.60. The first-order valence-electron chi connectivity index (χ1n) is 6.60. The number of piperidine rings is 1. The minimum Gasteiger partial charge on any atom is -0.481 e. The number of carbonyl (C=O) groups excluding carboxylic acids is 1. The van der Waals surface area contributed by atoms with Crippen LogP contribution < -0.4 is 0 Å². The maximum Gasteiger partial charge on any atom is 0.306 e. The molecule has 0 aromatic carbocycles. The highest BCUT2D eigenvalue weighted by molar-refractivity contribution is 5.87. The molecule has 2 atom stereocenters. The SMILES string of the molecule is CCCCN1CC2CC(C(=O)O)CC(C1)C2=O. The number of carboxylic acid groups (broad SMARTS) is 1. The third-order valence-electron chi connectivity index (χ3n) is 4.08. The van der Waals surface area contributed by atoms with E-state index >= 15 is 0 Å². The van der Waals surface area contributed by atoms with Gasteiger partial charge in [0.25, 0.3) is 0 Å². The second-order valence-corrected chi connectivity index (χ2v) is 5.42. The molecular formula is C13H21NO3. The molecule has 1 saturated heterocycles. The Morgan fingerprint density at radius 1 is 1.35 bits per heavy atom. The van der Waals surface area contributed by atoms with Crippen molar-refractivity contribution < 1.29 is 14.7 Å². The lowest BCUT2D eigenvalue weighted by Gasteiger charge is -2.42. The van der Waals surface area contributed by atoms with Gasteiger partial charge in [0.1, 0.15) is 5.78 Å². The van der Waals surface area contributed by atoms with Gasteiger partial charge in [-0.05, 0) is 25.8 Å². The van der Waals surface area contributed by atoms with Crippen molar-refractivity contribution in [3.8, 4) is 0 Å². The fourth-order valence-electron chi connectivity index (χ4n) is 3.14. The number of Topliss-reactive ketones (excluding diaryl/α,β-unsaturated/α-hetero) is 1. The third-order valence-corrected chi connectivity index (χ3v) is 4.08. The van der Waals surface area contributed by atoms with Crippen molar-refractivity contribution in [2.45, 2.75) is 32.6 Å². The number of nitrogens with zero attached hydrogens (tertiary/aromatic N) is 1. The van der Waals surface area contributed by atoms with Crippen LogP contribution in [0.3, 0.4) is 0 Å². The molecule has 0 aromatic heterocycles. The number of carbonyl (C=O) groups is 2. The fourth-order valence-corrected chi connectivity index (χ4v) is 3.14. The van der Waals surface area contributed by atoms with Gasteiger partial charge in [0.2, 0.25) is 0 Å². The van der Waals surface area contributed by atoms with E-state index in [0.29, 0.717) is 18.6 Å². The normalized spacial score (nSPS) is 33.7. The predicted octanol–water partition coefficient (Wildman–Crippen LogP) is 1.40. The van der Waals surface area contributed by atoms with Gasteiger partial charge in [0, 0.05) is 24.9 Å². The van der Waals surface area contributed by atoms with Crippen LogP contribution in [0.25, 0.3) is 0 Å². The average Bonchev–Trinajstić information content (AvgIpc) is 2.26. The van der Waals surface area contributed by atoms with Crippen LogP contribution in [0.1, 0.15) is 32.6 Å². The molecule has 0 radical (unpaired) electrons. The average molecular weight is 239 g/mol. The smallest absolute Gasteiger partial charge is 0.306 e. The van der Waals surface area contributed by atoms with E-state index in [-0.39, 0.29) is 17.8 Å². The van der Waals surface area contributed by atoms with Crippen molar-refractivity contribution in [3.05, 3.63) is 0 Å². The number of hydrogen-bond donors (Lipinski definition) is 1. The Morgan fingerprint density at radius 3 is 2.41 bits per heavy atom. The summed E-state index contributed by atoms with van der Waals surface area (Å²) in [5, 5.41) is 9.06. The summed E-state index contributed by atoms with van der Waals surface area (Å²) in [4.78, 5) is 25.3. The van der Waals surface area contributed by atoms with E-state index in [4.69, 9.17) is 5.11 Å². The first-order chi connectivity index (χ1) is 8.11. The zero-order chi connectivity index (χ0) is 12.4. The van der Waals surface area contributed by atoms with Crippen LogP contribution in [-0.4, -0.2) is 41.4 Å². The van der Waals surface area contributed by atoms with Gasteiger partial charge < -0.3 is 10.0 Å². The van der Waals surface area contributed by atoms with E-state index in [1.54, 1.807) is 0 Å². The van der Waals surface area contributed by atoms with Gasteiger partial charge in [-0.2, -0.15) is 0 Å². The van der Waals surface area contributed by atoms with E-state index in [0.717, 1.165) is 32.5 Å². The number of likely N-dealkylation sites (tertiary alicyclic amines) is 1. The lowest BCUT2D eigenvalue weighted by Crippen LogP contribution is -2.51. The molecule has 2 aliphatic rings. The number of hydrogen-bond acceptors (Lipinski definition) is 3. The van der Waals surface area contributed by atoms with Gasteiger partial charge in [-0.15, -0.1) is 0 Å². The third kappa shape index (κ3) is 2.68. The largest absolute Gasteiger partial charge is 0.481 e.